The van der Waals surface area contributed by atoms with Crippen molar-refractivity contribution in [3.63, 3.8) is 0 Å². The SMILES string of the molecule is COC12CN(C(=O)O)CC1CN(C(=O)Cl)C2. The van der Waals surface area contributed by atoms with Crippen molar-refractivity contribution in [1.29, 1.82) is 0 Å². The number of hydrogen-bond donors (Lipinski definition) is 1. The van der Waals surface area contributed by atoms with Gasteiger partial charge >= 0.3 is 11.5 Å². The normalized spacial score (nSPS) is 33.0. The second-order valence-corrected chi connectivity index (χ2v) is 4.59. The first-order valence-electron chi connectivity index (χ1n) is 4.96. The molecular weight excluding hydrogens is 236 g/mol. The number of likely N-dealkylation sites (tertiary alicyclic amines) is 2. The molecule has 0 radical (unpaired) electrons. The first kappa shape index (κ1) is 11.5. The van der Waals surface area contributed by atoms with Crippen molar-refractivity contribution in [3.8, 4) is 0 Å². The van der Waals surface area contributed by atoms with Crippen molar-refractivity contribution in [2.45, 2.75) is 5.60 Å². The van der Waals surface area contributed by atoms with Crippen molar-refractivity contribution in [2.75, 3.05) is 33.3 Å². The van der Waals surface area contributed by atoms with Gasteiger partial charge in [-0.1, -0.05) is 0 Å². The van der Waals surface area contributed by atoms with Crippen LogP contribution in [0.1, 0.15) is 0 Å². The fourth-order valence-corrected chi connectivity index (χ4v) is 2.71. The molecule has 0 aliphatic carbocycles. The van der Waals surface area contributed by atoms with E-state index in [0.717, 1.165) is 0 Å². The largest absolute Gasteiger partial charge is 0.465 e. The van der Waals surface area contributed by atoms with E-state index in [-0.39, 0.29) is 5.92 Å². The van der Waals surface area contributed by atoms with E-state index < -0.39 is 17.1 Å². The van der Waals surface area contributed by atoms with E-state index >= 15 is 0 Å². The molecule has 0 spiro atoms. The standard InChI is InChI=1S/C9H13ClN2O4/c1-16-9-4-11(7(10)13)2-6(9)3-12(5-9)8(14)15/h6H,2-5H2,1H3,(H,14,15). The number of fused-ring (bicyclic) bond motifs is 1. The molecule has 0 aromatic carbocycles. The van der Waals surface area contributed by atoms with Crippen LogP contribution in [0.5, 0.6) is 0 Å². The molecule has 0 bridgehead atoms. The van der Waals surface area contributed by atoms with E-state index in [2.05, 4.69) is 0 Å². The highest BCUT2D eigenvalue weighted by atomic mass is 35.5. The van der Waals surface area contributed by atoms with Gasteiger partial charge in [-0.05, 0) is 11.6 Å². The van der Waals surface area contributed by atoms with Crippen LogP contribution in [0.25, 0.3) is 0 Å². The Labute approximate surface area is 97.7 Å². The van der Waals surface area contributed by atoms with E-state index in [0.29, 0.717) is 26.2 Å². The van der Waals surface area contributed by atoms with Crippen LogP contribution in [-0.2, 0) is 4.74 Å². The maximum atomic E-state index is 11.1. The molecule has 0 aromatic heterocycles. The molecule has 90 valence electrons. The van der Waals surface area contributed by atoms with Gasteiger partial charge in [0.1, 0.15) is 5.60 Å². The Morgan fingerprint density at radius 3 is 2.38 bits per heavy atom. The summed E-state index contributed by atoms with van der Waals surface area (Å²) < 4.78 is 5.43. The average Bonchev–Trinajstić information content (AvgIpc) is 2.70. The average molecular weight is 249 g/mol. The molecule has 0 aromatic rings. The minimum absolute atomic E-state index is 0.0105. The van der Waals surface area contributed by atoms with E-state index in [1.54, 1.807) is 7.11 Å². The quantitative estimate of drug-likeness (QED) is 0.547. The Morgan fingerprint density at radius 2 is 1.94 bits per heavy atom. The third kappa shape index (κ3) is 1.62. The Morgan fingerprint density at radius 1 is 1.38 bits per heavy atom. The Kier molecular flexibility index (Phi) is 2.71. The zero-order valence-corrected chi connectivity index (χ0v) is 9.61. The summed E-state index contributed by atoms with van der Waals surface area (Å²) in [6.07, 6.45) is -0.949. The van der Waals surface area contributed by atoms with Gasteiger partial charge < -0.3 is 19.6 Å². The Bertz CT molecular complexity index is 309. The van der Waals surface area contributed by atoms with Crippen LogP contribution in [0.4, 0.5) is 9.59 Å². The number of carbonyl (C=O) groups excluding carboxylic acids is 1. The molecule has 2 fully saturated rings. The highest BCUT2D eigenvalue weighted by Gasteiger charge is 2.55. The molecule has 0 saturated carbocycles. The number of nitrogens with zero attached hydrogens (tertiary/aromatic N) is 2. The summed E-state index contributed by atoms with van der Waals surface area (Å²) in [6, 6.07) is 0. The van der Waals surface area contributed by atoms with Gasteiger partial charge in [0, 0.05) is 26.1 Å². The number of carbonyl (C=O) groups is 2. The van der Waals surface area contributed by atoms with Crippen molar-refractivity contribution >= 4 is 23.1 Å². The Hall–Kier alpha value is -1.01. The third-order valence-corrected chi connectivity index (χ3v) is 3.71. The molecule has 2 rings (SSSR count). The van der Waals surface area contributed by atoms with Crippen LogP contribution in [0, 0.1) is 5.92 Å². The first-order valence-corrected chi connectivity index (χ1v) is 5.34. The lowest BCUT2D eigenvalue weighted by atomic mass is 9.95. The Balaban J connectivity index is 2.14. The molecule has 2 aliphatic heterocycles. The highest BCUT2D eigenvalue weighted by molar-refractivity contribution is 6.62. The van der Waals surface area contributed by atoms with Crippen LogP contribution >= 0.6 is 11.6 Å². The van der Waals surface area contributed by atoms with Crippen LogP contribution in [-0.4, -0.2) is 65.3 Å². The summed E-state index contributed by atoms with van der Waals surface area (Å²) in [6.45, 7) is 1.51. The van der Waals surface area contributed by atoms with Crippen molar-refractivity contribution < 1.29 is 19.4 Å². The maximum absolute atomic E-state index is 11.1. The van der Waals surface area contributed by atoms with Gasteiger partial charge in [-0.25, -0.2) is 4.79 Å². The molecule has 2 saturated heterocycles. The molecule has 2 unspecified atom stereocenters. The molecule has 2 aliphatic rings. The lowest BCUT2D eigenvalue weighted by molar-refractivity contribution is -0.00929. The van der Waals surface area contributed by atoms with Gasteiger partial charge in [-0.3, -0.25) is 4.79 Å². The molecule has 1 N–H and O–H groups in total. The minimum Gasteiger partial charge on any atom is -0.465 e. The predicted octanol–water partition coefficient (Wildman–Crippen LogP) is 0.656. The summed E-state index contributed by atoms with van der Waals surface area (Å²) in [7, 11) is 1.54. The topological polar surface area (TPSA) is 70.1 Å². The van der Waals surface area contributed by atoms with E-state index in [4.69, 9.17) is 21.4 Å². The fraction of sp³-hybridized carbons (Fsp3) is 0.778. The van der Waals surface area contributed by atoms with Gasteiger partial charge in [0.05, 0.1) is 13.1 Å². The predicted molar refractivity (Wildman–Crippen MR) is 55.6 cm³/mol. The van der Waals surface area contributed by atoms with Gasteiger partial charge in [0.15, 0.2) is 0 Å². The molecule has 7 heteroatoms. The highest BCUT2D eigenvalue weighted by Crippen LogP contribution is 2.38. The van der Waals surface area contributed by atoms with Gasteiger partial charge in [0.2, 0.25) is 0 Å². The summed E-state index contributed by atoms with van der Waals surface area (Å²) in [5, 5.41) is 8.41. The number of hydrogen-bond acceptors (Lipinski definition) is 3. The summed E-state index contributed by atoms with van der Waals surface area (Å²) in [5.74, 6) is 0.0105. The second-order valence-electron chi connectivity index (χ2n) is 4.26. The number of halogens is 1. The van der Waals surface area contributed by atoms with Crippen LogP contribution in [0.3, 0.4) is 0 Å². The number of methoxy groups -OCH3 is 1. The summed E-state index contributed by atoms with van der Waals surface area (Å²) in [5.41, 5.74) is -0.580. The number of ether oxygens (including phenoxy) is 1. The smallest absolute Gasteiger partial charge is 0.407 e. The van der Waals surface area contributed by atoms with Crippen molar-refractivity contribution in [2.24, 2.45) is 5.92 Å². The molecular formula is C9H13ClN2O4. The van der Waals surface area contributed by atoms with Crippen LogP contribution < -0.4 is 0 Å². The molecule has 16 heavy (non-hydrogen) atoms. The van der Waals surface area contributed by atoms with Crippen molar-refractivity contribution in [3.05, 3.63) is 0 Å². The second kappa shape index (κ2) is 3.78. The lowest BCUT2D eigenvalue weighted by Gasteiger charge is -2.26. The van der Waals surface area contributed by atoms with E-state index in [1.807, 2.05) is 0 Å². The van der Waals surface area contributed by atoms with E-state index in [9.17, 15) is 9.59 Å². The van der Waals surface area contributed by atoms with Crippen LogP contribution in [0.2, 0.25) is 0 Å². The van der Waals surface area contributed by atoms with Gasteiger partial charge in [-0.2, -0.15) is 0 Å². The number of carboxylic acid groups (broad SMARTS) is 1. The van der Waals surface area contributed by atoms with E-state index in [1.165, 1.54) is 9.80 Å². The number of rotatable bonds is 1. The molecule has 2 heterocycles. The lowest BCUT2D eigenvalue weighted by Crippen LogP contribution is -2.43. The third-order valence-electron chi connectivity index (χ3n) is 3.47. The molecule has 2 atom stereocenters. The zero-order chi connectivity index (χ0) is 11.9. The van der Waals surface area contributed by atoms with Gasteiger partial charge in [-0.15, -0.1) is 0 Å². The van der Waals surface area contributed by atoms with Crippen molar-refractivity contribution in [1.82, 2.24) is 9.80 Å². The summed E-state index contributed by atoms with van der Waals surface area (Å²) in [4.78, 5) is 24.7. The number of amides is 2. The van der Waals surface area contributed by atoms with Gasteiger partial charge in [0.25, 0.3) is 0 Å². The minimum atomic E-state index is -0.949. The van der Waals surface area contributed by atoms with Crippen LogP contribution in [0.15, 0.2) is 0 Å². The fourth-order valence-electron chi connectivity index (χ4n) is 2.58. The molecule has 6 nitrogen and oxygen atoms in total. The zero-order valence-electron chi connectivity index (χ0n) is 8.85. The summed E-state index contributed by atoms with van der Waals surface area (Å²) >= 11 is 5.42. The maximum Gasteiger partial charge on any atom is 0.407 e. The molecule has 2 amide bonds. The monoisotopic (exact) mass is 248 g/mol. The first-order chi connectivity index (χ1) is 7.48.